The maximum Gasteiger partial charge on any atom is 0.326 e. The van der Waals surface area contributed by atoms with Crippen molar-refractivity contribution in [2.75, 3.05) is 32.2 Å². The molecule has 8 heteroatoms. The number of aliphatic carboxylic acids is 1. The lowest BCUT2D eigenvalue weighted by molar-refractivity contribution is -0.149. The van der Waals surface area contributed by atoms with Gasteiger partial charge in [0, 0.05) is 37.7 Å². The first kappa shape index (κ1) is 18.0. The average Bonchev–Trinajstić information content (AvgIpc) is 3.27. The fraction of sp³-hybridized carbons (Fsp3) is 0.500. The van der Waals surface area contributed by atoms with Crippen LogP contribution in [-0.4, -0.2) is 61.1 Å². The Morgan fingerprint density at radius 2 is 1.81 bits per heavy atom. The van der Waals surface area contributed by atoms with E-state index in [4.69, 9.17) is 9.47 Å². The molecule has 1 N–H and O–H groups in total. The van der Waals surface area contributed by atoms with Crippen molar-refractivity contribution in [2.24, 2.45) is 5.92 Å². The highest BCUT2D eigenvalue weighted by atomic mass is 16.5. The van der Waals surface area contributed by atoms with Crippen molar-refractivity contribution in [1.82, 2.24) is 4.90 Å². The molecule has 2 aliphatic heterocycles. The van der Waals surface area contributed by atoms with E-state index < -0.39 is 17.9 Å². The molecule has 2 heterocycles. The van der Waals surface area contributed by atoms with Crippen molar-refractivity contribution in [3.05, 3.63) is 18.2 Å². The first-order chi connectivity index (χ1) is 12.4. The molecule has 0 spiro atoms. The van der Waals surface area contributed by atoms with Crippen LogP contribution in [0.25, 0.3) is 0 Å². The number of carboxylic acids is 1. The van der Waals surface area contributed by atoms with Crippen molar-refractivity contribution in [1.29, 1.82) is 0 Å². The van der Waals surface area contributed by atoms with Crippen LogP contribution in [0.2, 0.25) is 0 Å². The Kier molecular flexibility index (Phi) is 5.01. The molecule has 0 aliphatic carbocycles. The molecule has 2 atom stereocenters. The van der Waals surface area contributed by atoms with Crippen LogP contribution in [0.1, 0.15) is 19.3 Å². The molecule has 0 bridgehead atoms. The normalized spacial score (nSPS) is 22.6. The third-order valence-electron chi connectivity index (χ3n) is 4.94. The van der Waals surface area contributed by atoms with Crippen LogP contribution >= 0.6 is 0 Å². The summed E-state index contributed by atoms with van der Waals surface area (Å²) in [5, 5.41) is 9.27. The van der Waals surface area contributed by atoms with E-state index in [9.17, 15) is 19.5 Å². The number of rotatable bonds is 5. The average molecular weight is 362 g/mol. The summed E-state index contributed by atoms with van der Waals surface area (Å²) in [5.74, 6) is -0.876. The van der Waals surface area contributed by atoms with E-state index in [-0.39, 0.29) is 24.8 Å². The first-order valence-corrected chi connectivity index (χ1v) is 8.51. The molecule has 1 aromatic carbocycles. The van der Waals surface area contributed by atoms with E-state index >= 15 is 0 Å². The second-order valence-electron chi connectivity index (χ2n) is 6.50. The molecule has 2 fully saturated rings. The molecule has 1 aromatic rings. The van der Waals surface area contributed by atoms with Gasteiger partial charge in [-0.3, -0.25) is 9.59 Å². The summed E-state index contributed by atoms with van der Waals surface area (Å²) in [5.41, 5.74) is 0.595. The van der Waals surface area contributed by atoms with Gasteiger partial charge in [-0.2, -0.15) is 0 Å². The molecular weight excluding hydrogens is 340 g/mol. The molecule has 140 valence electrons. The van der Waals surface area contributed by atoms with Gasteiger partial charge >= 0.3 is 5.97 Å². The third kappa shape index (κ3) is 3.31. The minimum absolute atomic E-state index is 0.0706. The van der Waals surface area contributed by atoms with Gasteiger partial charge in [0.05, 0.1) is 25.8 Å². The number of methoxy groups -OCH3 is 2. The van der Waals surface area contributed by atoms with Crippen LogP contribution in [0.5, 0.6) is 11.5 Å². The Bertz CT molecular complexity index is 712. The molecule has 0 aromatic heterocycles. The summed E-state index contributed by atoms with van der Waals surface area (Å²) in [4.78, 5) is 39.5. The zero-order chi connectivity index (χ0) is 18.8. The Balaban J connectivity index is 1.78. The minimum Gasteiger partial charge on any atom is -0.497 e. The van der Waals surface area contributed by atoms with Gasteiger partial charge in [-0.1, -0.05) is 0 Å². The maximum atomic E-state index is 12.8. The van der Waals surface area contributed by atoms with E-state index in [0.717, 1.165) is 0 Å². The lowest BCUT2D eigenvalue weighted by atomic mass is 10.1. The number of carbonyl (C=O) groups is 3. The Morgan fingerprint density at radius 1 is 1.15 bits per heavy atom. The van der Waals surface area contributed by atoms with Crippen molar-refractivity contribution >= 4 is 23.5 Å². The van der Waals surface area contributed by atoms with Gasteiger partial charge in [0.25, 0.3) is 0 Å². The van der Waals surface area contributed by atoms with Gasteiger partial charge in [0.2, 0.25) is 11.8 Å². The van der Waals surface area contributed by atoms with Crippen molar-refractivity contribution in [3.8, 4) is 11.5 Å². The van der Waals surface area contributed by atoms with Gasteiger partial charge in [-0.25, -0.2) is 4.79 Å². The van der Waals surface area contributed by atoms with E-state index in [2.05, 4.69) is 0 Å². The first-order valence-electron chi connectivity index (χ1n) is 8.51. The number of hydrogen-bond acceptors (Lipinski definition) is 5. The quantitative estimate of drug-likeness (QED) is 0.844. The lowest BCUT2D eigenvalue weighted by Crippen LogP contribution is -2.44. The summed E-state index contributed by atoms with van der Waals surface area (Å²) in [7, 11) is 3.05. The zero-order valence-electron chi connectivity index (χ0n) is 14.8. The topological polar surface area (TPSA) is 96.4 Å². The lowest BCUT2D eigenvalue weighted by Gasteiger charge is -2.24. The molecule has 0 saturated carbocycles. The minimum atomic E-state index is -0.991. The molecule has 0 unspecified atom stereocenters. The zero-order valence-corrected chi connectivity index (χ0v) is 14.8. The smallest absolute Gasteiger partial charge is 0.326 e. The summed E-state index contributed by atoms with van der Waals surface area (Å²) in [6.45, 7) is 0.643. The molecule has 0 radical (unpaired) electrons. The largest absolute Gasteiger partial charge is 0.497 e. The van der Waals surface area contributed by atoms with E-state index in [1.807, 2.05) is 0 Å². The predicted octanol–water partition coefficient (Wildman–Crippen LogP) is 1.13. The molecule has 2 saturated heterocycles. The number of nitrogens with zero attached hydrogens (tertiary/aromatic N) is 2. The van der Waals surface area contributed by atoms with E-state index in [1.165, 1.54) is 24.0 Å². The highest BCUT2D eigenvalue weighted by molar-refractivity contribution is 6.01. The summed E-state index contributed by atoms with van der Waals surface area (Å²) in [6.07, 6.45) is 1.19. The van der Waals surface area contributed by atoms with Crippen molar-refractivity contribution in [2.45, 2.75) is 25.3 Å². The highest BCUT2D eigenvalue weighted by Gasteiger charge is 2.42. The standard InChI is InChI=1S/C18H22N2O6/c1-25-13-7-12(8-14(9-13)26-2)20-10-11(6-16(20)21)17(22)19-5-3-4-15(19)18(23)24/h7-9,11,15H,3-6,10H2,1-2H3,(H,23,24)/t11-,15-/m1/s1. The highest BCUT2D eigenvalue weighted by Crippen LogP contribution is 2.33. The molecule has 2 aliphatic rings. The molecule has 2 amide bonds. The van der Waals surface area contributed by atoms with Crippen LogP contribution < -0.4 is 14.4 Å². The fourth-order valence-corrected chi connectivity index (χ4v) is 3.59. The number of ether oxygens (including phenoxy) is 2. The second-order valence-corrected chi connectivity index (χ2v) is 6.50. The van der Waals surface area contributed by atoms with Crippen LogP contribution in [0.15, 0.2) is 18.2 Å². The van der Waals surface area contributed by atoms with Crippen LogP contribution in [0.3, 0.4) is 0 Å². The predicted molar refractivity (Wildman–Crippen MR) is 92.4 cm³/mol. The van der Waals surface area contributed by atoms with Crippen molar-refractivity contribution < 1.29 is 29.0 Å². The molecule has 8 nitrogen and oxygen atoms in total. The molecule has 3 rings (SSSR count). The third-order valence-corrected chi connectivity index (χ3v) is 4.94. The fourth-order valence-electron chi connectivity index (χ4n) is 3.59. The summed E-state index contributed by atoms with van der Waals surface area (Å²) >= 11 is 0. The molecular formula is C18H22N2O6. The SMILES string of the molecule is COc1cc(OC)cc(N2C[C@H](C(=O)N3CCC[C@@H]3C(=O)O)CC2=O)c1. The number of benzene rings is 1. The number of likely N-dealkylation sites (tertiary alicyclic amines) is 1. The van der Waals surface area contributed by atoms with Gasteiger partial charge < -0.3 is 24.4 Å². The summed E-state index contributed by atoms with van der Waals surface area (Å²) < 4.78 is 10.5. The van der Waals surface area contributed by atoms with Crippen LogP contribution in [-0.2, 0) is 14.4 Å². The van der Waals surface area contributed by atoms with Gasteiger partial charge in [-0.15, -0.1) is 0 Å². The van der Waals surface area contributed by atoms with Gasteiger partial charge in [-0.05, 0) is 12.8 Å². The monoisotopic (exact) mass is 362 g/mol. The number of hydrogen-bond donors (Lipinski definition) is 1. The number of amides is 2. The second kappa shape index (κ2) is 7.23. The number of carboxylic acid groups (broad SMARTS) is 1. The number of carbonyl (C=O) groups excluding carboxylic acids is 2. The van der Waals surface area contributed by atoms with E-state index in [1.54, 1.807) is 18.2 Å². The number of anilines is 1. The maximum absolute atomic E-state index is 12.8. The van der Waals surface area contributed by atoms with E-state index in [0.29, 0.717) is 36.6 Å². The van der Waals surface area contributed by atoms with Gasteiger partial charge in [0.1, 0.15) is 17.5 Å². The Hall–Kier alpha value is -2.77. The van der Waals surface area contributed by atoms with Crippen LogP contribution in [0, 0.1) is 5.92 Å². The van der Waals surface area contributed by atoms with Crippen molar-refractivity contribution in [3.63, 3.8) is 0 Å². The Morgan fingerprint density at radius 3 is 2.38 bits per heavy atom. The Labute approximate surface area is 151 Å². The van der Waals surface area contributed by atoms with Crippen LogP contribution in [0.4, 0.5) is 5.69 Å². The van der Waals surface area contributed by atoms with Gasteiger partial charge in [0.15, 0.2) is 0 Å². The molecule has 26 heavy (non-hydrogen) atoms. The summed E-state index contributed by atoms with van der Waals surface area (Å²) in [6, 6.07) is 4.34.